The molecule has 0 bridgehead atoms. The van der Waals surface area contributed by atoms with E-state index >= 15 is 0 Å². The molecular formula is C17H21FN2O6S. The van der Waals surface area contributed by atoms with Gasteiger partial charge in [-0.05, 0) is 31.0 Å². The average Bonchev–Trinajstić information content (AvgIpc) is 3.21. The van der Waals surface area contributed by atoms with E-state index < -0.39 is 34.0 Å². The van der Waals surface area contributed by atoms with Crippen molar-refractivity contribution in [3.63, 3.8) is 0 Å². The lowest BCUT2D eigenvalue weighted by Crippen LogP contribution is -2.40. The highest BCUT2D eigenvalue weighted by Crippen LogP contribution is 2.21. The van der Waals surface area contributed by atoms with Gasteiger partial charge >= 0.3 is 5.97 Å². The third-order valence-corrected chi connectivity index (χ3v) is 6.45. The van der Waals surface area contributed by atoms with E-state index in [0.29, 0.717) is 13.1 Å². The summed E-state index contributed by atoms with van der Waals surface area (Å²) in [5.41, 5.74) is -0.515. The van der Waals surface area contributed by atoms with Crippen LogP contribution in [0.3, 0.4) is 0 Å². The Kier molecular flexibility index (Phi) is 6.08. The quantitative estimate of drug-likeness (QED) is 0.673. The summed E-state index contributed by atoms with van der Waals surface area (Å²) < 4.78 is 50.6. The van der Waals surface area contributed by atoms with Gasteiger partial charge in [0.2, 0.25) is 10.0 Å². The van der Waals surface area contributed by atoms with Gasteiger partial charge in [0.15, 0.2) is 6.61 Å². The summed E-state index contributed by atoms with van der Waals surface area (Å²) in [4.78, 5) is 25.5. The standard InChI is InChI=1S/C17H21FN2O6S/c18-15-4-3-13(27(23,24)20-7-9-25-10-8-20)11-14(15)17(22)26-12-16(21)19-5-1-2-6-19/h3-4,11H,1-2,5-10,12H2. The molecule has 27 heavy (non-hydrogen) atoms. The number of morpholine rings is 1. The highest BCUT2D eigenvalue weighted by Gasteiger charge is 2.28. The summed E-state index contributed by atoms with van der Waals surface area (Å²) in [7, 11) is -3.88. The first-order valence-corrected chi connectivity index (χ1v) is 10.2. The molecule has 3 rings (SSSR count). The van der Waals surface area contributed by atoms with E-state index in [9.17, 15) is 22.4 Å². The van der Waals surface area contributed by atoms with Crippen molar-refractivity contribution >= 4 is 21.9 Å². The summed E-state index contributed by atoms with van der Waals surface area (Å²) in [6, 6.07) is 2.96. The van der Waals surface area contributed by atoms with Gasteiger partial charge in [0.25, 0.3) is 5.91 Å². The number of hydrogen-bond acceptors (Lipinski definition) is 6. The number of ether oxygens (including phenoxy) is 2. The lowest BCUT2D eigenvalue weighted by molar-refractivity contribution is -0.133. The molecular weight excluding hydrogens is 379 g/mol. The summed E-state index contributed by atoms with van der Waals surface area (Å²) in [6.07, 6.45) is 1.80. The lowest BCUT2D eigenvalue weighted by Gasteiger charge is -2.26. The van der Waals surface area contributed by atoms with Crippen LogP contribution in [-0.2, 0) is 24.3 Å². The molecule has 1 aromatic rings. The second kappa shape index (κ2) is 8.32. The third kappa shape index (κ3) is 4.45. The number of hydrogen-bond donors (Lipinski definition) is 0. The topological polar surface area (TPSA) is 93.2 Å². The molecule has 2 saturated heterocycles. The number of benzene rings is 1. The van der Waals surface area contributed by atoms with E-state index in [0.717, 1.165) is 31.0 Å². The van der Waals surface area contributed by atoms with Gasteiger partial charge in [-0.2, -0.15) is 4.31 Å². The van der Waals surface area contributed by atoms with Crippen LogP contribution in [0.4, 0.5) is 4.39 Å². The maximum atomic E-state index is 14.1. The lowest BCUT2D eigenvalue weighted by atomic mass is 10.2. The van der Waals surface area contributed by atoms with E-state index in [-0.39, 0.29) is 37.1 Å². The largest absolute Gasteiger partial charge is 0.452 e. The molecule has 0 unspecified atom stereocenters. The van der Waals surface area contributed by atoms with Gasteiger partial charge < -0.3 is 14.4 Å². The number of amides is 1. The molecule has 10 heteroatoms. The molecule has 2 aliphatic heterocycles. The Bertz CT molecular complexity index is 817. The molecule has 0 radical (unpaired) electrons. The summed E-state index contributed by atoms with van der Waals surface area (Å²) in [6.45, 7) is 1.63. The zero-order valence-corrected chi connectivity index (χ0v) is 15.5. The number of sulfonamides is 1. The van der Waals surface area contributed by atoms with Gasteiger partial charge in [-0.25, -0.2) is 17.6 Å². The molecule has 0 spiro atoms. The molecule has 2 aliphatic rings. The highest BCUT2D eigenvalue weighted by molar-refractivity contribution is 7.89. The molecule has 0 N–H and O–H groups in total. The van der Waals surface area contributed by atoms with Crippen molar-refractivity contribution in [1.29, 1.82) is 0 Å². The van der Waals surface area contributed by atoms with Crippen LogP contribution in [0.15, 0.2) is 23.1 Å². The van der Waals surface area contributed by atoms with Crippen LogP contribution in [0.5, 0.6) is 0 Å². The summed E-state index contributed by atoms with van der Waals surface area (Å²) in [5, 5.41) is 0. The fraction of sp³-hybridized carbons (Fsp3) is 0.529. The fourth-order valence-corrected chi connectivity index (χ4v) is 4.45. The second-order valence-electron chi connectivity index (χ2n) is 6.32. The Labute approximate surface area is 156 Å². The van der Waals surface area contributed by atoms with Crippen LogP contribution >= 0.6 is 0 Å². The van der Waals surface area contributed by atoms with E-state index in [1.54, 1.807) is 4.90 Å². The monoisotopic (exact) mass is 400 g/mol. The van der Waals surface area contributed by atoms with Gasteiger partial charge in [0.05, 0.1) is 23.7 Å². The first-order valence-electron chi connectivity index (χ1n) is 8.72. The third-order valence-electron chi connectivity index (χ3n) is 4.55. The van der Waals surface area contributed by atoms with Crippen molar-refractivity contribution in [3.8, 4) is 0 Å². The highest BCUT2D eigenvalue weighted by atomic mass is 32.2. The molecule has 8 nitrogen and oxygen atoms in total. The number of likely N-dealkylation sites (tertiary alicyclic amines) is 1. The summed E-state index contributed by atoms with van der Waals surface area (Å²) >= 11 is 0. The van der Waals surface area contributed by atoms with Crippen molar-refractivity contribution in [2.45, 2.75) is 17.7 Å². The maximum Gasteiger partial charge on any atom is 0.341 e. The number of halogens is 1. The Morgan fingerprint density at radius 3 is 2.44 bits per heavy atom. The smallest absolute Gasteiger partial charge is 0.341 e. The Hall–Kier alpha value is -2.04. The molecule has 2 heterocycles. The van der Waals surface area contributed by atoms with Gasteiger partial charge in [-0.15, -0.1) is 0 Å². The van der Waals surface area contributed by atoms with Crippen molar-refractivity contribution in [3.05, 3.63) is 29.6 Å². The van der Waals surface area contributed by atoms with Crippen molar-refractivity contribution < 1.29 is 31.9 Å². The molecule has 0 saturated carbocycles. The van der Waals surface area contributed by atoms with Crippen LogP contribution in [0.2, 0.25) is 0 Å². The zero-order chi connectivity index (χ0) is 19.4. The number of carbonyl (C=O) groups is 2. The molecule has 0 aliphatic carbocycles. The second-order valence-corrected chi connectivity index (χ2v) is 8.26. The predicted molar refractivity (Wildman–Crippen MR) is 92.1 cm³/mol. The Balaban J connectivity index is 1.72. The van der Waals surface area contributed by atoms with Crippen LogP contribution in [0, 0.1) is 5.82 Å². The van der Waals surface area contributed by atoms with E-state index in [1.807, 2.05) is 0 Å². The van der Waals surface area contributed by atoms with Crippen LogP contribution in [0.1, 0.15) is 23.2 Å². The van der Waals surface area contributed by atoms with Crippen molar-refractivity contribution in [2.75, 3.05) is 46.0 Å². The van der Waals surface area contributed by atoms with E-state index in [2.05, 4.69) is 0 Å². The molecule has 0 atom stereocenters. The number of esters is 1. The van der Waals surface area contributed by atoms with E-state index in [1.165, 1.54) is 4.31 Å². The fourth-order valence-electron chi connectivity index (χ4n) is 3.02. The Morgan fingerprint density at radius 1 is 1.11 bits per heavy atom. The van der Waals surface area contributed by atoms with Crippen molar-refractivity contribution in [2.24, 2.45) is 0 Å². The Morgan fingerprint density at radius 2 is 1.78 bits per heavy atom. The average molecular weight is 400 g/mol. The minimum absolute atomic E-state index is 0.184. The van der Waals surface area contributed by atoms with Gasteiger partial charge in [-0.3, -0.25) is 4.79 Å². The zero-order valence-electron chi connectivity index (χ0n) is 14.7. The van der Waals surface area contributed by atoms with Gasteiger partial charge in [-0.1, -0.05) is 0 Å². The molecule has 1 aromatic carbocycles. The van der Waals surface area contributed by atoms with Gasteiger partial charge in [0, 0.05) is 26.2 Å². The minimum Gasteiger partial charge on any atom is -0.452 e. The van der Waals surface area contributed by atoms with Crippen LogP contribution in [-0.4, -0.2) is 75.5 Å². The van der Waals surface area contributed by atoms with Crippen LogP contribution < -0.4 is 0 Å². The SMILES string of the molecule is O=C(OCC(=O)N1CCCC1)c1cc(S(=O)(=O)N2CCOCC2)ccc1F. The molecule has 1 amide bonds. The van der Waals surface area contributed by atoms with Gasteiger partial charge in [0.1, 0.15) is 5.82 Å². The minimum atomic E-state index is -3.88. The number of rotatable bonds is 5. The first kappa shape index (κ1) is 19.7. The maximum absolute atomic E-state index is 14.1. The first-order chi connectivity index (χ1) is 12.9. The molecule has 148 valence electrons. The van der Waals surface area contributed by atoms with E-state index in [4.69, 9.17) is 9.47 Å². The molecule has 2 fully saturated rings. The van der Waals surface area contributed by atoms with Crippen molar-refractivity contribution in [1.82, 2.24) is 9.21 Å². The number of carbonyl (C=O) groups excluding carboxylic acids is 2. The molecule has 0 aromatic heterocycles. The van der Waals surface area contributed by atoms with Crippen LogP contribution in [0.25, 0.3) is 0 Å². The summed E-state index contributed by atoms with van der Waals surface area (Å²) in [5.74, 6) is -2.33. The normalized spacial score (nSPS) is 18.5. The predicted octanol–water partition coefficient (Wildman–Crippen LogP) is 0.626. The number of nitrogens with zero attached hydrogens (tertiary/aromatic N) is 2.